The molecule has 0 spiro atoms. The molecular formula is C25H25F3O3PS+. The average molecular weight is 494 g/mol. The van der Waals surface area contributed by atoms with Crippen LogP contribution in [0.4, 0.5) is 13.2 Å². The topological polar surface area (TPSA) is 54.4 Å². The third-order valence-corrected chi connectivity index (χ3v) is 8.57. The van der Waals surface area contributed by atoms with Crippen LogP contribution in [0.25, 0.3) is 0 Å². The fraction of sp³-hybridized carbons (Fsp3) is 0.200. The van der Waals surface area contributed by atoms with Crippen LogP contribution in [0.2, 0.25) is 0 Å². The molecule has 174 valence electrons. The Morgan fingerprint density at radius 3 is 1.18 bits per heavy atom. The van der Waals surface area contributed by atoms with Crippen LogP contribution >= 0.6 is 7.26 Å². The summed E-state index contributed by atoms with van der Waals surface area (Å²) in [5.41, 5.74) is -1.79. The van der Waals surface area contributed by atoms with Gasteiger partial charge in [-0.1, -0.05) is 60.5 Å². The molecule has 3 aromatic carbocycles. The first-order valence-corrected chi connectivity index (χ1v) is 13.1. The summed E-state index contributed by atoms with van der Waals surface area (Å²) >= 11 is 0. The second kappa shape index (κ2) is 10.5. The predicted molar refractivity (Wildman–Crippen MR) is 130 cm³/mol. The Hall–Kier alpha value is -2.65. The first kappa shape index (κ1) is 26.6. The van der Waals surface area contributed by atoms with Crippen molar-refractivity contribution in [1.82, 2.24) is 0 Å². The van der Waals surface area contributed by atoms with Crippen molar-refractivity contribution in [2.24, 2.45) is 5.41 Å². The summed E-state index contributed by atoms with van der Waals surface area (Å²) in [6, 6.07) is 32.3. The molecule has 33 heavy (non-hydrogen) atoms. The Labute approximate surface area is 193 Å². The van der Waals surface area contributed by atoms with E-state index in [2.05, 4.69) is 123 Å². The highest BCUT2D eigenvalue weighted by molar-refractivity contribution is 7.99. The molecule has 3 nitrogen and oxygen atoms in total. The molecule has 0 saturated carbocycles. The van der Waals surface area contributed by atoms with Crippen LogP contribution in [0.5, 0.6) is 0 Å². The minimum absolute atomic E-state index is 0.0381. The molecule has 0 unspecified atom stereocenters. The van der Waals surface area contributed by atoms with Gasteiger partial charge in [-0.2, -0.15) is 21.6 Å². The van der Waals surface area contributed by atoms with Gasteiger partial charge in [0.05, 0.1) is 5.66 Å². The van der Waals surface area contributed by atoms with Gasteiger partial charge in [0.2, 0.25) is 0 Å². The van der Waals surface area contributed by atoms with Crippen molar-refractivity contribution in [3.8, 4) is 11.6 Å². The number of rotatable bonds is 3. The molecule has 0 bridgehead atoms. The minimum Gasteiger partial charge on any atom is -0.279 e. The molecule has 0 aromatic heterocycles. The van der Waals surface area contributed by atoms with E-state index in [-0.39, 0.29) is 5.41 Å². The van der Waals surface area contributed by atoms with Gasteiger partial charge in [-0.3, -0.25) is 4.55 Å². The molecule has 0 heterocycles. The van der Waals surface area contributed by atoms with E-state index in [0.717, 1.165) is 0 Å². The van der Waals surface area contributed by atoms with Gasteiger partial charge in [0.25, 0.3) is 0 Å². The summed E-state index contributed by atoms with van der Waals surface area (Å²) in [6.45, 7) is 6.53. The van der Waals surface area contributed by atoms with Crippen LogP contribution in [0.1, 0.15) is 20.8 Å². The van der Waals surface area contributed by atoms with E-state index in [1.54, 1.807) is 0 Å². The Kier molecular flexibility index (Phi) is 8.48. The summed E-state index contributed by atoms with van der Waals surface area (Å²) in [5.74, 6) is 3.56. The number of alkyl halides is 3. The van der Waals surface area contributed by atoms with Gasteiger partial charge in [-0.25, -0.2) is 0 Å². The quantitative estimate of drug-likeness (QED) is 0.231. The predicted octanol–water partition coefficient (Wildman–Crippen LogP) is 5.38. The maximum atomic E-state index is 10.7. The van der Waals surface area contributed by atoms with Crippen molar-refractivity contribution >= 4 is 33.3 Å². The maximum Gasteiger partial charge on any atom is 0.522 e. The molecule has 8 heteroatoms. The zero-order valence-electron chi connectivity index (χ0n) is 18.4. The first-order chi connectivity index (χ1) is 15.3. The van der Waals surface area contributed by atoms with Gasteiger partial charge < -0.3 is 0 Å². The summed E-state index contributed by atoms with van der Waals surface area (Å²) in [6.07, 6.45) is 0. The molecule has 0 amide bonds. The molecule has 3 rings (SSSR count). The first-order valence-electron chi connectivity index (χ1n) is 9.91. The van der Waals surface area contributed by atoms with Gasteiger partial charge in [-0.15, -0.1) is 0 Å². The van der Waals surface area contributed by atoms with Gasteiger partial charge in [-0.05, 0) is 57.2 Å². The maximum absolute atomic E-state index is 10.7. The second-order valence-electron chi connectivity index (χ2n) is 8.09. The van der Waals surface area contributed by atoms with E-state index in [9.17, 15) is 13.2 Å². The second-order valence-corrected chi connectivity index (χ2v) is 12.6. The van der Waals surface area contributed by atoms with Crippen molar-refractivity contribution in [3.05, 3.63) is 91.0 Å². The van der Waals surface area contributed by atoms with Crippen LogP contribution in [0.15, 0.2) is 91.0 Å². The standard InChI is InChI=1S/C24H24P.CHF3O3S/c1-24(2,3)19-20-25(21-13-7-4-8-14-21,22-15-9-5-10-16-22)23-17-11-6-12-18-23;2-1(3,4)8(5,6)7/h4-18H,1-3H3;(H,5,6,7)/q+1;. The molecule has 0 atom stereocenters. The molecule has 1 N–H and O–H groups in total. The van der Waals surface area contributed by atoms with Crippen LogP contribution < -0.4 is 15.9 Å². The minimum atomic E-state index is -5.84. The monoisotopic (exact) mass is 493 g/mol. The van der Waals surface area contributed by atoms with E-state index in [4.69, 9.17) is 13.0 Å². The summed E-state index contributed by atoms with van der Waals surface area (Å²) < 4.78 is 57.5. The molecule has 0 aliphatic carbocycles. The Morgan fingerprint density at radius 2 is 0.970 bits per heavy atom. The van der Waals surface area contributed by atoms with Crippen molar-refractivity contribution in [2.45, 2.75) is 26.3 Å². The number of hydrogen-bond acceptors (Lipinski definition) is 2. The number of halogens is 3. The molecule has 0 radical (unpaired) electrons. The highest BCUT2D eigenvalue weighted by Gasteiger charge is 2.45. The summed E-state index contributed by atoms with van der Waals surface area (Å²) in [7, 11) is -7.85. The smallest absolute Gasteiger partial charge is 0.279 e. The summed E-state index contributed by atoms with van der Waals surface area (Å²) in [5, 5.41) is 3.93. The third-order valence-electron chi connectivity index (χ3n) is 4.32. The third kappa shape index (κ3) is 7.17. The van der Waals surface area contributed by atoms with Crippen LogP contribution in [-0.4, -0.2) is 18.5 Å². The lowest BCUT2D eigenvalue weighted by molar-refractivity contribution is -0.0510. The molecule has 0 fully saturated rings. The van der Waals surface area contributed by atoms with Crippen LogP contribution in [-0.2, 0) is 10.1 Å². The molecule has 0 saturated heterocycles. The van der Waals surface area contributed by atoms with Gasteiger partial charge in [0.1, 0.15) is 15.9 Å². The van der Waals surface area contributed by atoms with E-state index < -0.39 is 22.9 Å². The van der Waals surface area contributed by atoms with Gasteiger partial charge in [0, 0.05) is 5.41 Å². The lowest BCUT2D eigenvalue weighted by Crippen LogP contribution is -2.30. The van der Waals surface area contributed by atoms with E-state index in [1.807, 2.05) is 0 Å². The van der Waals surface area contributed by atoms with Crippen molar-refractivity contribution in [2.75, 3.05) is 0 Å². The van der Waals surface area contributed by atoms with Crippen molar-refractivity contribution in [1.29, 1.82) is 0 Å². The van der Waals surface area contributed by atoms with Crippen LogP contribution in [0, 0.1) is 17.0 Å². The van der Waals surface area contributed by atoms with Crippen molar-refractivity contribution < 1.29 is 26.1 Å². The molecule has 3 aromatic rings. The van der Waals surface area contributed by atoms with E-state index in [0.29, 0.717) is 0 Å². The van der Waals surface area contributed by atoms with E-state index in [1.165, 1.54) is 15.9 Å². The largest absolute Gasteiger partial charge is 0.522 e. The highest BCUT2D eigenvalue weighted by atomic mass is 32.2. The highest BCUT2D eigenvalue weighted by Crippen LogP contribution is 2.54. The zero-order valence-corrected chi connectivity index (χ0v) is 20.1. The normalized spacial score (nSPS) is 12.1. The summed E-state index contributed by atoms with van der Waals surface area (Å²) in [4.78, 5) is 0. The Bertz CT molecular complexity index is 1100. The lowest BCUT2D eigenvalue weighted by Gasteiger charge is -2.22. The van der Waals surface area contributed by atoms with Crippen LogP contribution in [0.3, 0.4) is 0 Å². The SMILES string of the molecule is CC(C)(C)C#C[P+](c1ccccc1)(c1ccccc1)c1ccccc1.O=S(=O)(O)C(F)(F)F. The van der Waals surface area contributed by atoms with Crippen molar-refractivity contribution in [3.63, 3.8) is 0 Å². The molecular weight excluding hydrogens is 468 g/mol. The number of hydrogen-bond donors (Lipinski definition) is 1. The van der Waals surface area contributed by atoms with Gasteiger partial charge in [0.15, 0.2) is 7.26 Å². The van der Waals surface area contributed by atoms with E-state index >= 15 is 0 Å². The number of benzene rings is 3. The fourth-order valence-corrected chi connectivity index (χ4v) is 6.49. The average Bonchev–Trinajstić information content (AvgIpc) is 2.75. The lowest BCUT2D eigenvalue weighted by atomic mass is 9.99. The molecule has 0 aliphatic rings. The zero-order chi connectivity index (χ0) is 24.8. The fourth-order valence-electron chi connectivity index (χ4n) is 2.85. The molecule has 0 aliphatic heterocycles. The van der Waals surface area contributed by atoms with Gasteiger partial charge >= 0.3 is 15.6 Å². The Balaban J connectivity index is 0.000000414. The Morgan fingerprint density at radius 1 is 0.697 bits per heavy atom.